The number of carbonyl (C=O) groups is 1. The van der Waals surface area contributed by atoms with E-state index in [1.165, 1.54) is 37.1 Å². The predicted molar refractivity (Wildman–Crippen MR) is 161 cm³/mol. The first-order chi connectivity index (χ1) is 19.4. The standard InChI is InChI=1S/C30H46N8O2/c1-3-25-29(33-21-5-8-24(39)9-6-21)36-30(27(35-25)28(31)40)34-22-7-10-26(20(2)19-22)38-16-11-23(12-17-38)37-15-4-13-32-14-18-37/h7,10,19,21,23-24,32,39H,3-6,8-9,11-18H2,1-2H3,(H2,31,40)(H2,33,34,36)/t21-,24-. The van der Waals surface area contributed by atoms with Crippen LogP contribution in [0.25, 0.3) is 0 Å². The topological polar surface area (TPSA) is 132 Å². The van der Waals surface area contributed by atoms with Crippen molar-refractivity contribution in [3.05, 3.63) is 35.2 Å². The van der Waals surface area contributed by atoms with Crippen molar-refractivity contribution in [1.29, 1.82) is 0 Å². The molecule has 0 radical (unpaired) electrons. The Morgan fingerprint density at radius 1 is 1.05 bits per heavy atom. The normalized spacial score (nSPS) is 23.0. The van der Waals surface area contributed by atoms with Gasteiger partial charge in [-0.1, -0.05) is 6.92 Å². The molecule has 0 atom stereocenters. The maximum atomic E-state index is 12.3. The number of rotatable bonds is 8. The minimum absolute atomic E-state index is 0.147. The van der Waals surface area contributed by atoms with Gasteiger partial charge >= 0.3 is 0 Å². The van der Waals surface area contributed by atoms with Gasteiger partial charge in [-0.3, -0.25) is 9.69 Å². The third kappa shape index (κ3) is 6.85. The molecule has 40 heavy (non-hydrogen) atoms. The number of amides is 1. The molecule has 10 nitrogen and oxygen atoms in total. The summed E-state index contributed by atoms with van der Waals surface area (Å²) in [6, 6.07) is 7.22. The van der Waals surface area contributed by atoms with Gasteiger partial charge in [0.2, 0.25) is 0 Å². The highest BCUT2D eigenvalue weighted by molar-refractivity contribution is 5.96. The lowest BCUT2D eigenvalue weighted by Crippen LogP contribution is -2.46. The highest BCUT2D eigenvalue weighted by Crippen LogP contribution is 2.31. The van der Waals surface area contributed by atoms with E-state index in [0.717, 1.165) is 69.8 Å². The number of primary amides is 1. The van der Waals surface area contributed by atoms with E-state index < -0.39 is 5.91 Å². The largest absolute Gasteiger partial charge is 0.393 e. The first-order valence-corrected chi connectivity index (χ1v) is 15.1. The Bertz CT molecular complexity index is 1150. The number of piperidine rings is 1. The van der Waals surface area contributed by atoms with Gasteiger partial charge in [0, 0.05) is 49.6 Å². The maximum Gasteiger partial charge on any atom is 0.271 e. The van der Waals surface area contributed by atoms with Crippen LogP contribution in [0.15, 0.2) is 18.2 Å². The van der Waals surface area contributed by atoms with E-state index in [0.29, 0.717) is 24.1 Å². The van der Waals surface area contributed by atoms with Gasteiger partial charge in [0.25, 0.3) is 5.91 Å². The second-order valence-electron chi connectivity index (χ2n) is 11.6. The van der Waals surface area contributed by atoms with Crippen LogP contribution in [0.3, 0.4) is 0 Å². The van der Waals surface area contributed by atoms with E-state index in [9.17, 15) is 9.90 Å². The van der Waals surface area contributed by atoms with Crippen LogP contribution in [-0.2, 0) is 6.42 Å². The number of aliphatic hydroxyl groups excluding tert-OH is 1. The van der Waals surface area contributed by atoms with Crippen molar-refractivity contribution < 1.29 is 9.90 Å². The molecular formula is C30H46N8O2. The average molecular weight is 551 g/mol. The number of benzene rings is 1. The highest BCUT2D eigenvalue weighted by atomic mass is 16.3. The van der Waals surface area contributed by atoms with Crippen LogP contribution in [-0.4, -0.2) is 83.3 Å². The summed E-state index contributed by atoms with van der Waals surface area (Å²) in [5, 5.41) is 20.2. The first-order valence-electron chi connectivity index (χ1n) is 15.1. The van der Waals surface area contributed by atoms with E-state index in [4.69, 9.17) is 10.7 Å². The molecule has 5 rings (SSSR count). The molecule has 3 heterocycles. The third-order valence-corrected chi connectivity index (χ3v) is 8.73. The fraction of sp³-hybridized carbons (Fsp3) is 0.633. The van der Waals surface area contributed by atoms with Crippen molar-refractivity contribution in [3.63, 3.8) is 0 Å². The Kier molecular flexibility index (Phi) is 9.39. The molecule has 1 aliphatic carbocycles. The molecule has 0 spiro atoms. The second kappa shape index (κ2) is 13.1. The number of aryl methyl sites for hydroxylation is 2. The molecule has 0 unspecified atom stereocenters. The summed E-state index contributed by atoms with van der Waals surface area (Å²) in [5.74, 6) is 0.434. The van der Waals surface area contributed by atoms with E-state index in [-0.39, 0.29) is 17.8 Å². The Labute approximate surface area is 238 Å². The van der Waals surface area contributed by atoms with Crippen LogP contribution in [0.2, 0.25) is 0 Å². The lowest BCUT2D eigenvalue weighted by Gasteiger charge is -2.39. The van der Waals surface area contributed by atoms with E-state index >= 15 is 0 Å². The third-order valence-electron chi connectivity index (χ3n) is 8.73. The van der Waals surface area contributed by atoms with Crippen LogP contribution in [0.4, 0.5) is 23.0 Å². The molecule has 3 fully saturated rings. The molecule has 1 aromatic carbocycles. The van der Waals surface area contributed by atoms with Gasteiger partial charge in [0.05, 0.1) is 11.8 Å². The van der Waals surface area contributed by atoms with Gasteiger partial charge in [-0.25, -0.2) is 9.97 Å². The predicted octanol–water partition coefficient (Wildman–Crippen LogP) is 3.17. The minimum Gasteiger partial charge on any atom is -0.393 e. The number of aromatic nitrogens is 2. The van der Waals surface area contributed by atoms with Crippen LogP contribution in [0.1, 0.15) is 73.6 Å². The van der Waals surface area contributed by atoms with Gasteiger partial charge in [0.15, 0.2) is 11.5 Å². The number of carbonyl (C=O) groups excluding carboxylic acids is 1. The molecule has 2 saturated heterocycles. The number of aliphatic hydroxyl groups is 1. The summed E-state index contributed by atoms with van der Waals surface area (Å²) >= 11 is 0. The van der Waals surface area contributed by atoms with Crippen LogP contribution in [0, 0.1) is 6.92 Å². The van der Waals surface area contributed by atoms with Crippen molar-refractivity contribution in [2.75, 3.05) is 54.8 Å². The average Bonchev–Trinajstić information content (AvgIpc) is 3.24. The Hall–Kier alpha value is -2.95. The van der Waals surface area contributed by atoms with Crippen molar-refractivity contribution in [1.82, 2.24) is 20.2 Å². The molecule has 2 aromatic rings. The van der Waals surface area contributed by atoms with Crippen molar-refractivity contribution >= 4 is 28.9 Å². The lowest BCUT2D eigenvalue weighted by molar-refractivity contribution is 0.0996. The fourth-order valence-electron chi connectivity index (χ4n) is 6.43. The monoisotopic (exact) mass is 550 g/mol. The van der Waals surface area contributed by atoms with E-state index in [1.807, 2.05) is 13.0 Å². The molecule has 10 heteroatoms. The fourth-order valence-corrected chi connectivity index (χ4v) is 6.43. The molecule has 6 N–H and O–H groups in total. The van der Waals surface area contributed by atoms with Gasteiger partial charge < -0.3 is 31.7 Å². The highest BCUT2D eigenvalue weighted by Gasteiger charge is 2.26. The zero-order chi connectivity index (χ0) is 28.1. The number of nitrogens with one attached hydrogen (secondary N) is 3. The van der Waals surface area contributed by atoms with E-state index in [1.54, 1.807) is 0 Å². The molecule has 3 aliphatic rings. The quantitative estimate of drug-likeness (QED) is 0.336. The second-order valence-corrected chi connectivity index (χ2v) is 11.6. The van der Waals surface area contributed by atoms with Crippen LogP contribution in [0.5, 0.6) is 0 Å². The summed E-state index contributed by atoms with van der Waals surface area (Å²) in [6.07, 6.45) is 7.32. The van der Waals surface area contributed by atoms with Gasteiger partial charge in [-0.05, 0) is 95.1 Å². The smallest absolute Gasteiger partial charge is 0.271 e. The van der Waals surface area contributed by atoms with Crippen LogP contribution < -0.4 is 26.6 Å². The Morgan fingerprint density at radius 3 is 2.52 bits per heavy atom. The summed E-state index contributed by atoms with van der Waals surface area (Å²) in [6.45, 7) is 10.8. The molecule has 0 bridgehead atoms. The molecule has 1 amide bonds. The zero-order valence-corrected chi connectivity index (χ0v) is 24.1. The maximum absolute atomic E-state index is 12.3. The summed E-state index contributed by atoms with van der Waals surface area (Å²) in [4.78, 5) is 26.9. The van der Waals surface area contributed by atoms with E-state index in [2.05, 4.69) is 49.8 Å². The zero-order valence-electron chi connectivity index (χ0n) is 24.1. The van der Waals surface area contributed by atoms with Crippen molar-refractivity contribution in [2.45, 2.75) is 83.4 Å². The molecule has 1 saturated carbocycles. The minimum atomic E-state index is -0.603. The number of hydrogen-bond acceptors (Lipinski definition) is 9. The summed E-state index contributed by atoms with van der Waals surface area (Å²) in [5.41, 5.74) is 9.87. The number of hydrogen-bond donors (Lipinski definition) is 5. The van der Waals surface area contributed by atoms with Crippen LogP contribution >= 0.6 is 0 Å². The molecule has 218 valence electrons. The number of nitrogens with zero attached hydrogens (tertiary/aromatic N) is 4. The van der Waals surface area contributed by atoms with Crippen molar-refractivity contribution in [2.24, 2.45) is 5.73 Å². The van der Waals surface area contributed by atoms with Gasteiger partial charge in [0.1, 0.15) is 5.82 Å². The molecule has 1 aromatic heterocycles. The Morgan fingerprint density at radius 2 is 1.82 bits per heavy atom. The molecule has 2 aliphatic heterocycles. The van der Waals surface area contributed by atoms with Gasteiger partial charge in [-0.15, -0.1) is 0 Å². The number of anilines is 4. The summed E-state index contributed by atoms with van der Waals surface area (Å²) < 4.78 is 0. The molecular weight excluding hydrogens is 504 g/mol. The van der Waals surface area contributed by atoms with Crippen molar-refractivity contribution in [3.8, 4) is 0 Å². The first kappa shape index (κ1) is 28.6. The summed E-state index contributed by atoms with van der Waals surface area (Å²) in [7, 11) is 0. The Balaban J connectivity index is 1.28. The van der Waals surface area contributed by atoms with Gasteiger partial charge in [-0.2, -0.15) is 0 Å². The SMILES string of the molecule is CCc1nc(C(N)=O)c(Nc2ccc(N3CCC(N4CCCNCC4)CC3)c(C)c2)nc1N[C@H]1CC[C@H](O)CC1. The lowest BCUT2D eigenvalue weighted by atomic mass is 9.93. The number of nitrogens with two attached hydrogens (primary N) is 1.